The van der Waals surface area contributed by atoms with Crippen molar-refractivity contribution in [1.29, 1.82) is 0 Å². The van der Waals surface area contributed by atoms with Crippen molar-refractivity contribution in [3.05, 3.63) is 52.7 Å². The summed E-state index contributed by atoms with van der Waals surface area (Å²) in [6.07, 6.45) is 8.37. The molecular formula is C22H26N4O3. The van der Waals surface area contributed by atoms with E-state index in [-0.39, 0.29) is 11.8 Å². The molecule has 3 heterocycles. The Morgan fingerprint density at radius 2 is 1.90 bits per heavy atom. The second-order valence-corrected chi connectivity index (χ2v) is 7.63. The fourth-order valence-corrected chi connectivity index (χ4v) is 4.07. The van der Waals surface area contributed by atoms with Gasteiger partial charge in [-0.3, -0.25) is 14.6 Å². The Hall–Kier alpha value is -2.96. The standard InChI is InChI=1S/C22H26N4O3/c1-15-19-16(24-25-21(27)17-9-4-5-12-23-17)10-8-11-18(19)29-20(15)22(28)26-13-6-2-3-7-14-26/h4-5,9,12H,2-3,6-8,10-11,13-14H2,1H3,(H,25,27)/b24-16+. The second-order valence-electron chi connectivity index (χ2n) is 7.63. The largest absolute Gasteiger partial charge is 0.455 e. The zero-order chi connectivity index (χ0) is 20.2. The third kappa shape index (κ3) is 4.09. The van der Waals surface area contributed by atoms with Crippen LogP contribution in [-0.2, 0) is 6.42 Å². The molecule has 4 rings (SSSR count). The van der Waals surface area contributed by atoms with Gasteiger partial charge < -0.3 is 9.32 Å². The number of rotatable bonds is 3. The first-order chi connectivity index (χ1) is 14.1. The average Bonchev–Trinajstić information content (AvgIpc) is 2.93. The first-order valence-electron chi connectivity index (χ1n) is 10.3. The zero-order valence-electron chi connectivity index (χ0n) is 16.7. The third-order valence-electron chi connectivity index (χ3n) is 5.60. The summed E-state index contributed by atoms with van der Waals surface area (Å²) in [5.41, 5.74) is 5.36. The molecule has 2 amide bonds. The smallest absolute Gasteiger partial charge is 0.289 e. The summed E-state index contributed by atoms with van der Waals surface area (Å²) in [4.78, 5) is 31.3. The summed E-state index contributed by atoms with van der Waals surface area (Å²) in [5, 5.41) is 4.35. The van der Waals surface area contributed by atoms with E-state index in [9.17, 15) is 9.59 Å². The Bertz CT molecular complexity index is 925. The maximum atomic E-state index is 13.1. The summed E-state index contributed by atoms with van der Waals surface area (Å²) < 4.78 is 6.02. The summed E-state index contributed by atoms with van der Waals surface area (Å²) >= 11 is 0. The van der Waals surface area contributed by atoms with Gasteiger partial charge in [-0.2, -0.15) is 5.10 Å². The van der Waals surface area contributed by atoms with Crippen molar-refractivity contribution in [2.45, 2.75) is 51.9 Å². The molecule has 0 radical (unpaired) electrons. The van der Waals surface area contributed by atoms with Crippen LogP contribution in [0.5, 0.6) is 0 Å². The van der Waals surface area contributed by atoms with Crippen LogP contribution in [0.3, 0.4) is 0 Å². The Morgan fingerprint density at radius 1 is 1.10 bits per heavy atom. The minimum Gasteiger partial charge on any atom is -0.455 e. The van der Waals surface area contributed by atoms with E-state index < -0.39 is 0 Å². The fraction of sp³-hybridized carbons (Fsp3) is 0.455. The van der Waals surface area contributed by atoms with Crippen molar-refractivity contribution in [3.63, 3.8) is 0 Å². The van der Waals surface area contributed by atoms with Crippen LogP contribution in [0, 0.1) is 6.92 Å². The van der Waals surface area contributed by atoms with Crippen LogP contribution < -0.4 is 5.43 Å². The topological polar surface area (TPSA) is 87.8 Å². The molecule has 2 aliphatic rings. The van der Waals surface area contributed by atoms with Gasteiger partial charge >= 0.3 is 0 Å². The van der Waals surface area contributed by atoms with Crippen LogP contribution in [0.25, 0.3) is 0 Å². The quantitative estimate of drug-likeness (QED) is 0.808. The molecule has 7 heteroatoms. The molecule has 0 aromatic carbocycles. The predicted octanol–water partition coefficient (Wildman–Crippen LogP) is 3.47. The molecule has 0 saturated carbocycles. The number of carbonyl (C=O) groups excluding carboxylic acids is 2. The molecule has 152 valence electrons. The molecule has 2 aromatic heterocycles. The van der Waals surface area contributed by atoms with E-state index in [1.54, 1.807) is 24.4 Å². The van der Waals surface area contributed by atoms with Crippen molar-refractivity contribution in [2.75, 3.05) is 13.1 Å². The Morgan fingerprint density at radius 3 is 2.62 bits per heavy atom. The van der Waals surface area contributed by atoms with E-state index in [0.29, 0.717) is 11.5 Å². The Balaban J connectivity index is 1.57. The van der Waals surface area contributed by atoms with Crippen LogP contribution in [-0.4, -0.2) is 40.5 Å². The van der Waals surface area contributed by atoms with Gasteiger partial charge in [-0.05, 0) is 44.7 Å². The number of nitrogens with one attached hydrogen (secondary N) is 1. The normalized spacial score (nSPS) is 18.2. The predicted molar refractivity (Wildman–Crippen MR) is 109 cm³/mol. The number of pyridine rings is 1. The highest BCUT2D eigenvalue weighted by atomic mass is 16.4. The molecule has 29 heavy (non-hydrogen) atoms. The highest BCUT2D eigenvalue weighted by Gasteiger charge is 2.30. The lowest BCUT2D eigenvalue weighted by Crippen LogP contribution is -2.32. The number of hydrazone groups is 1. The van der Waals surface area contributed by atoms with Crippen LogP contribution in [0.4, 0.5) is 0 Å². The number of hydrogen-bond acceptors (Lipinski definition) is 5. The molecule has 0 unspecified atom stereocenters. The lowest BCUT2D eigenvalue weighted by atomic mass is 9.93. The molecule has 1 fully saturated rings. The van der Waals surface area contributed by atoms with Crippen molar-refractivity contribution in [2.24, 2.45) is 5.10 Å². The number of likely N-dealkylation sites (tertiary alicyclic amines) is 1. The molecule has 1 aliphatic carbocycles. The number of hydrogen-bond donors (Lipinski definition) is 1. The molecule has 1 aliphatic heterocycles. The summed E-state index contributed by atoms with van der Waals surface area (Å²) in [7, 11) is 0. The van der Waals surface area contributed by atoms with Gasteiger partial charge in [-0.25, -0.2) is 5.43 Å². The van der Waals surface area contributed by atoms with Crippen LogP contribution in [0.15, 0.2) is 33.9 Å². The molecular weight excluding hydrogens is 368 g/mol. The number of furan rings is 1. The lowest BCUT2D eigenvalue weighted by Gasteiger charge is -2.19. The van der Waals surface area contributed by atoms with Crippen LogP contribution in [0.2, 0.25) is 0 Å². The maximum absolute atomic E-state index is 13.1. The van der Waals surface area contributed by atoms with Crippen molar-refractivity contribution >= 4 is 17.5 Å². The highest BCUT2D eigenvalue weighted by Crippen LogP contribution is 2.31. The zero-order valence-corrected chi connectivity index (χ0v) is 16.7. The molecule has 0 atom stereocenters. The van der Waals surface area contributed by atoms with Gasteiger partial charge in [0.2, 0.25) is 0 Å². The molecule has 7 nitrogen and oxygen atoms in total. The molecule has 2 aromatic rings. The van der Waals surface area contributed by atoms with E-state index in [1.165, 1.54) is 12.8 Å². The van der Waals surface area contributed by atoms with Crippen molar-refractivity contribution < 1.29 is 14.0 Å². The first kappa shape index (κ1) is 19.4. The fourth-order valence-electron chi connectivity index (χ4n) is 4.07. The average molecular weight is 394 g/mol. The van der Waals surface area contributed by atoms with Gasteiger partial charge in [0.15, 0.2) is 5.76 Å². The maximum Gasteiger partial charge on any atom is 0.289 e. The van der Waals surface area contributed by atoms with Crippen LogP contribution >= 0.6 is 0 Å². The minimum atomic E-state index is -0.354. The number of amides is 2. The van der Waals surface area contributed by atoms with E-state index in [2.05, 4.69) is 15.5 Å². The molecule has 1 saturated heterocycles. The van der Waals surface area contributed by atoms with Gasteiger partial charge in [0.1, 0.15) is 11.5 Å². The highest BCUT2D eigenvalue weighted by molar-refractivity contribution is 6.07. The van der Waals surface area contributed by atoms with Crippen LogP contribution in [0.1, 0.15) is 76.5 Å². The molecule has 1 N–H and O–H groups in total. The van der Waals surface area contributed by atoms with Crippen molar-refractivity contribution in [3.8, 4) is 0 Å². The molecule has 0 bridgehead atoms. The van der Waals surface area contributed by atoms with Gasteiger partial charge in [-0.1, -0.05) is 18.9 Å². The monoisotopic (exact) mass is 394 g/mol. The number of aryl methyl sites for hydroxylation is 1. The van der Waals surface area contributed by atoms with Gasteiger partial charge in [-0.15, -0.1) is 0 Å². The second kappa shape index (κ2) is 8.59. The van der Waals surface area contributed by atoms with E-state index >= 15 is 0 Å². The van der Waals surface area contributed by atoms with Gasteiger partial charge in [0.05, 0.1) is 5.71 Å². The number of carbonyl (C=O) groups is 2. The number of fused-ring (bicyclic) bond motifs is 1. The minimum absolute atomic E-state index is 0.0318. The van der Waals surface area contributed by atoms with E-state index in [4.69, 9.17) is 4.42 Å². The molecule has 0 spiro atoms. The lowest BCUT2D eigenvalue weighted by molar-refractivity contribution is 0.0726. The first-order valence-corrected chi connectivity index (χ1v) is 10.3. The summed E-state index contributed by atoms with van der Waals surface area (Å²) in [5.74, 6) is 0.822. The number of aromatic nitrogens is 1. The number of nitrogens with zero attached hydrogens (tertiary/aromatic N) is 3. The Kier molecular flexibility index (Phi) is 5.74. The SMILES string of the molecule is Cc1c(C(=O)N2CCCCCC2)oc2c1/C(=N/NC(=O)c1ccccn1)CCC2. The van der Waals surface area contributed by atoms with E-state index in [0.717, 1.165) is 67.8 Å². The Labute approximate surface area is 170 Å². The van der Waals surface area contributed by atoms with Crippen molar-refractivity contribution in [1.82, 2.24) is 15.3 Å². The summed E-state index contributed by atoms with van der Waals surface area (Å²) in [6, 6.07) is 5.16. The van der Waals surface area contributed by atoms with Gasteiger partial charge in [0.25, 0.3) is 11.8 Å². The summed E-state index contributed by atoms with van der Waals surface area (Å²) in [6.45, 7) is 3.48. The van der Waals surface area contributed by atoms with Gasteiger partial charge in [0, 0.05) is 36.8 Å². The third-order valence-corrected chi connectivity index (χ3v) is 5.60. The van der Waals surface area contributed by atoms with E-state index in [1.807, 2.05) is 11.8 Å².